The number of hydrogen-bond acceptors (Lipinski definition) is 3. The van der Waals surface area contributed by atoms with Crippen LogP contribution in [-0.4, -0.2) is 24.5 Å². The van der Waals surface area contributed by atoms with Gasteiger partial charge in [-0.3, -0.25) is 9.98 Å². The van der Waals surface area contributed by atoms with Crippen molar-refractivity contribution in [2.24, 2.45) is 10.9 Å². The van der Waals surface area contributed by atoms with Crippen molar-refractivity contribution in [3.05, 3.63) is 59.9 Å². The lowest BCUT2D eigenvalue weighted by molar-refractivity contribution is 0.301. The molecule has 2 aromatic rings. The molecule has 1 aliphatic rings. The number of aromatic nitrogens is 1. The Balaban J connectivity index is 0.00000225. The fourth-order valence-electron chi connectivity index (χ4n) is 2.36. The first kappa shape index (κ1) is 19.5. The average Bonchev–Trinajstić information content (AvgIpc) is 3.46. The molecule has 0 bridgehead atoms. The predicted molar refractivity (Wildman–Crippen MR) is 111 cm³/mol. The van der Waals surface area contributed by atoms with Crippen molar-refractivity contribution in [1.82, 2.24) is 15.6 Å². The van der Waals surface area contributed by atoms with E-state index in [4.69, 9.17) is 4.74 Å². The second-order valence-corrected chi connectivity index (χ2v) is 6.01. The minimum Gasteiger partial charge on any atom is -0.487 e. The fraction of sp³-hybridized carbons (Fsp3) is 0.368. The Hall–Kier alpha value is -1.83. The van der Waals surface area contributed by atoms with Crippen LogP contribution in [0.3, 0.4) is 0 Å². The van der Waals surface area contributed by atoms with Gasteiger partial charge in [0.15, 0.2) is 5.96 Å². The third-order valence-electron chi connectivity index (χ3n) is 3.95. The zero-order valence-corrected chi connectivity index (χ0v) is 16.8. The Morgan fingerprint density at radius 1 is 1.20 bits per heavy atom. The Labute approximate surface area is 166 Å². The lowest BCUT2D eigenvalue weighted by atomic mass is 10.2. The number of rotatable bonds is 7. The molecular weight excluding hydrogens is 427 g/mol. The van der Waals surface area contributed by atoms with Crippen LogP contribution in [0.4, 0.5) is 0 Å². The quantitative estimate of drug-likeness (QED) is 0.385. The normalized spacial score (nSPS) is 13.7. The highest BCUT2D eigenvalue weighted by Gasteiger charge is 2.20. The van der Waals surface area contributed by atoms with Crippen LogP contribution in [0.5, 0.6) is 5.75 Å². The summed E-state index contributed by atoms with van der Waals surface area (Å²) in [5, 5.41) is 6.70. The van der Waals surface area contributed by atoms with Crippen LogP contribution in [0.2, 0.25) is 0 Å². The lowest BCUT2D eigenvalue weighted by Gasteiger charge is -2.12. The van der Waals surface area contributed by atoms with E-state index in [1.807, 2.05) is 36.4 Å². The van der Waals surface area contributed by atoms with E-state index in [9.17, 15) is 0 Å². The molecule has 5 nitrogen and oxygen atoms in total. The van der Waals surface area contributed by atoms with E-state index in [-0.39, 0.29) is 24.0 Å². The van der Waals surface area contributed by atoms with Crippen molar-refractivity contribution in [3.8, 4) is 5.75 Å². The molecule has 6 heteroatoms. The SMILES string of the molecule is CN=C(NCc1cccc(OCc2ccccn2)c1)NCC1CC1.I. The summed E-state index contributed by atoms with van der Waals surface area (Å²) in [6.07, 6.45) is 4.44. The summed E-state index contributed by atoms with van der Waals surface area (Å²) in [5.74, 6) is 2.52. The Kier molecular flexibility index (Phi) is 7.97. The molecule has 0 amide bonds. The van der Waals surface area contributed by atoms with Crippen LogP contribution in [0, 0.1) is 5.92 Å². The van der Waals surface area contributed by atoms with Crippen molar-refractivity contribution in [2.75, 3.05) is 13.6 Å². The maximum atomic E-state index is 5.82. The first-order chi connectivity index (χ1) is 11.8. The minimum atomic E-state index is 0. The number of benzene rings is 1. The molecule has 1 aliphatic carbocycles. The Morgan fingerprint density at radius 2 is 2.08 bits per heavy atom. The van der Waals surface area contributed by atoms with Crippen LogP contribution in [0.1, 0.15) is 24.1 Å². The van der Waals surface area contributed by atoms with Gasteiger partial charge < -0.3 is 15.4 Å². The Morgan fingerprint density at radius 3 is 2.80 bits per heavy atom. The maximum Gasteiger partial charge on any atom is 0.191 e. The van der Waals surface area contributed by atoms with Crippen LogP contribution >= 0.6 is 24.0 Å². The van der Waals surface area contributed by atoms with Gasteiger partial charge >= 0.3 is 0 Å². The minimum absolute atomic E-state index is 0. The van der Waals surface area contributed by atoms with Crippen LogP contribution in [0.25, 0.3) is 0 Å². The molecule has 2 N–H and O–H groups in total. The number of aliphatic imine (C=N–C) groups is 1. The fourth-order valence-corrected chi connectivity index (χ4v) is 2.36. The zero-order chi connectivity index (χ0) is 16.6. The van der Waals surface area contributed by atoms with Crippen LogP contribution in [0.15, 0.2) is 53.7 Å². The van der Waals surface area contributed by atoms with E-state index in [0.29, 0.717) is 13.2 Å². The van der Waals surface area contributed by atoms with E-state index in [0.717, 1.165) is 35.4 Å². The molecule has 0 spiro atoms. The summed E-state index contributed by atoms with van der Waals surface area (Å²) in [5.41, 5.74) is 2.08. The third-order valence-corrected chi connectivity index (χ3v) is 3.95. The first-order valence-corrected chi connectivity index (χ1v) is 8.39. The average molecular weight is 452 g/mol. The van der Waals surface area contributed by atoms with Crippen molar-refractivity contribution in [3.63, 3.8) is 0 Å². The van der Waals surface area contributed by atoms with Crippen molar-refractivity contribution in [2.45, 2.75) is 26.0 Å². The van der Waals surface area contributed by atoms with Gasteiger partial charge in [-0.2, -0.15) is 0 Å². The van der Waals surface area contributed by atoms with Crippen LogP contribution in [-0.2, 0) is 13.2 Å². The molecule has 0 radical (unpaired) electrons. The maximum absolute atomic E-state index is 5.82. The molecule has 0 saturated heterocycles. The topological polar surface area (TPSA) is 58.5 Å². The van der Waals surface area contributed by atoms with E-state index in [1.54, 1.807) is 13.2 Å². The standard InChI is InChI=1S/C19H24N4O.HI/c1-20-19(22-12-15-8-9-15)23-13-16-5-4-7-18(11-16)24-14-17-6-2-3-10-21-17;/h2-7,10-11,15H,8-9,12-14H2,1H3,(H2,20,22,23);1H. The number of hydrogen-bond donors (Lipinski definition) is 2. The third kappa shape index (κ3) is 6.89. The molecule has 1 aromatic heterocycles. The van der Waals surface area contributed by atoms with E-state index in [1.165, 1.54) is 12.8 Å². The van der Waals surface area contributed by atoms with Gasteiger partial charge in [-0.1, -0.05) is 18.2 Å². The molecule has 1 heterocycles. The molecule has 1 saturated carbocycles. The molecule has 3 rings (SSSR count). The van der Waals surface area contributed by atoms with Gasteiger partial charge in [0.05, 0.1) is 5.69 Å². The molecular formula is C19H25IN4O. The van der Waals surface area contributed by atoms with Gasteiger partial charge in [0.1, 0.15) is 12.4 Å². The highest BCUT2D eigenvalue weighted by atomic mass is 127. The number of pyridine rings is 1. The summed E-state index contributed by atoms with van der Waals surface area (Å²) in [7, 11) is 1.80. The predicted octanol–water partition coefficient (Wildman–Crippen LogP) is 3.35. The smallest absolute Gasteiger partial charge is 0.191 e. The van der Waals surface area contributed by atoms with Gasteiger partial charge in [0.2, 0.25) is 0 Å². The van der Waals surface area contributed by atoms with Gasteiger partial charge in [0, 0.05) is 26.3 Å². The van der Waals surface area contributed by atoms with Crippen molar-refractivity contribution < 1.29 is 4.74 Å². The second-order valence-electron chi connectivity index (χ2n) is 6.01. The largest absolute Gasteiger partial charge is 0.487 e. The van der Waals surface area contributed by atoms with Gasteiger partial charge in [-0.15, -0.1) is 24.0 Å². The summed E-state index contributed by atoms with van der Waals surface area (Å²) >= 11 is 0. The number of halogens is 1. The highest BCUT2D eigenvalue weighted by molar-refractivity contribution is 14.0. The highest BCUT2D eigenvalue weighted by Crippen LogP contribution is 2.27. The zero-order valence-electron chi connectivity index (χ0n) is 14.4. The van der Waals surface area contributed by atoms with E-state index in [2.05, 4.69) is 26.7 Å². The second kappa shape index (κ2) is 10.2. The number of nitrogens with one attached hydrogen (secondary N) is 2. The molecule has 0 unspecified atom stereocenters. The molecule has 25 heavy (non-hydrogen) atoms. The van der Waals surface area contributed by atoms with Gasteiger partial charge in [-0.05, 0) is 48.6 Å². The summed E-state index contributed by atoms with van der Waals surface area (Å²) in [4.78, 5) is 8.52. The monoisotopic (exact) mass is 452 g/mol. The molecule has 1 fully saturated rings. The summed E-state index contributed by atoms with van der Waals surface area (Å²) < 4.78 is 5.82. The van der Waals surface area contributed by atoms with Crippen LogP contribution < -0.4 is 15.4 Å². The number of nitrogens with zero attached hydrogens (tertiary/aromatic N) is 2. The molecule has 134 valence electrons. The molecule has 0 atom stereocenters. The molecule has 1 aromatic carbocycles. The molecule has 0 aliphatic heterocycles. The van der Waals surface area contributed by atoms with Gasteiger partial charge in [-0.25, -0.2) is 0 Å². The van der Waals surface area contributed by atoms with E-state index < -0.39 is 0 Å². The van der Waals surface area contributed by atoms with Gasteiger partial charge in [0.25, 0.3) is 0 Å². The van der Waals surface area contributed by atoms with Crippen molar-refractivity contribution in [1.29, 1.82) is 0 Å². The summed E-state index contributed by atoms with van der Waals surface area (Å²) in [6.45, 7) is 2.19. The van der Waals surface area contributed by atoms with E-state index >= 15 is 0 Å². The number of guanidine groups is 1. The first-order valence-electron chi connectivity index (χ1n) is 8.39. The Bertz CT molecular complexity index is 674. The lowest BCUT2D eigenvalue weighted by Crippen LogP contribution is -2.37. The number of ether oxygens (including phenoxy) is 1. The summed E-state index contributed by atoms with van der Waals surface area (Å²) in [6, 6.07) is 13.9. The van der Waals surface area contributed by atoms with Crippen molar-refractivity contribution >= 4 is 29.9 Å².